The predicted octanol–water partition coefficient (Wildman–Crippen LogP) is 3.01. The topological polar surface area (TPSA) is 121 Å². The van der Waals surface area contributed by atoms with Gasteiger partial charge in [-0.25, -0.2) is 8.42 Å². The van der Waals surface area contributed by atoms with Gasteiger partial charge in [-0.05, 0) is 34.9 Å². The summed E-state index contributed by atoms with van der Waals surface area (Å²) < 4.78 is 32.0. The summed E-state index contributed by atoms with van der Waals surface area (Å²) in [5.41, 5.74) is 8.43. The Morgan fingerprint density at radius 2 is 2.00 bits per heavy atom. The predicted molar refractivity (Wildman–Crippen MR) is 81.6 cm³/mol. The Hall–Kier alpha value is -2.55. The van der Waals surface area contributed by atoms with Crippen LogP contribution in [0, 0.1) is 0 Å². The normalized spacial score (nSPS) is 10.6. The van der Waals surface area contributed by atoms with Gasteiger partial charge in [-0.15, -0.1) is 0 Å². The zero-order valence-electron chi connectivity index (χ0n) is 11.3. The van der Waals surface area contributed by atoms with E-state index in [-0.39, 0.29) is 10.5 Å². The summed E-state index contributed by atoms with van der Waals surface area (Å²) in [5.74, 6) is -0.364. The summed E-state index contributed by atoms with van der Waals surface area (Å²) in [5, 5.41) is 5.53. The van der Waals surface area contributed by atoms with Crippen LogP contribution in [0.25, 0.3) is 10.4 Å². The zero-order chi connectivity index (χ0) is 16.2. The second-order valence-corrected chi connectivity index (χ2v) is 6.37. The largest absolute Gasteiger partial charge is 0.497 e. The Morgan fingerprint density at radius 3 is 2.59 bits per heavy atom. The SMILES string of the molecule is COc1ccc(NS(=O)(=O)c2cscc2C(=O)N=[N+]=[N-])cc1. The summed E-state index contributed by atoms with van der Waals surface area (Å²) in [7, 11) is -2.47. The molecule has 8 nitrogen and oxygen atoms in total. The molecule has 0 spiro atoms. The summed E-state index contributed by atoms with van der Waals surface area (Å²) >= 11 is 1.02. The van der Waals surface area contributed by atoms with Crippen molar-refractivity contribution in [2.75, 3.05) is 11.8 Å². The first kappa shape index (κ1) is 15.8. The molecule has 10 heteroatoms. The minimum Gasteiger partial charge on any atom is -0.497 e. The standard InChI is InChI=1S/C12H10N4O4S2/c1-20-9-4-2-8(3-5-9)15-22(18,19)11-7-21-6-10(11)12(17)14-16-13/h2-7,15H,1H3. The fourth-order valence-electron chi connectivity index (χ4n) is 1.61. The number of anilines is 1. The number of hydrogen-bond donors (Lipinski definition) is 1. The number of benzene rings is 1. The minimum atomic E-state index is -3.97. The summed E-state index contributed by atoms with van der Waals surface area (Å²) in [4.78, 5) is 13.7. The van der Waals surface area contributed by atoms with Gasteiger partial charge in [0.2, 0.25) is 0 Å². The highest BCUT2D eigenvalue weighted by molar-refractivity contribution is 7.93. The maximum absolute atomic E-state index is 12.3. The first-order chi connectivity index (χ1) is 10.5. The quantitative estimate of drug-likeness (QED) is 0.511. The van der Waals surface area contributed by atoms with E-state index >= 15 is 0 Å². The lowest BCUT2D eigenvalue weighted by Crippen LogP contribution is -2.15. The Balaban J connectivity index is 2.32. The Kier molecular flexibility index (Phi) is 4.66. The van der Waals surface area contributed by atoms with E-state index in [2.05, 4.69) is 14.7 Å². The third kappa shape index (κ3) is 3.37. The number of thiophene rings is 1. The molecule has 0 fully saturated rings. The van der Waals surface area contributed by atoms with E-state index in [0.717, 1.165) is 11.3 Å². The van der Waals surface area contributed by atoms with E-state index in [4.69, 9.17) is 10.3 Å². The number of methoxy groups -OCH3 is 1. The fourth-order valence-corrected chi connectivity index (χ4v) is 4.04. The van der Waals surface area contributed by atoms with Gasteiger partial charge in [0.1, 0.15) is 10.6 Å². The van der Waals surface area contributed by atoms with Crippen LogP contribution in [0.3, 0.4) is 0 Å². The van der Waals surface area contributed by atoms with Gasteiger partial charge in [0.15, 0.2) is 0 Å². The molecule has 0 aliphatic rings. The number of azide groups is 1. The van der Waals surface area contributed by atoms with Crippen molar-refractivity contribution in [1.82, 2.24) is 0 Å². The van der Waals surface area contributed by atoms with Gasteiger partial charge in [-0.2, -0.15) is 11.3 Å². The summed E-state index contributed by atoms with van der Waals surface area (Å²) in [6.07, 6.45) is 0. The molecule has 1 heterocycles. The highest BCUT2D eigenvalue weighted by atomic mass is 32.2. The molecule has 0 aliphatic carbocycles. The Labute approximate surface area is 130 Å². The van der Waals surface area contributed by atoms with Gasteiger partial charge in [0.05, 0.1) is 12.7 Å². The molecule has 0 saturated carbocycles. The van der Waals surface area contributed by atoms with E-state index in [9.17, 15) is 13.2 Å². The van der Waals surface area contributed by atoms with Gasteiger partial charge in [-0.3, -0.25) is 9.52 Å². The van der Waals surface area contributed by atoms with E-state index in [1.165, 1.54) is 30.0 Å². The lowest BCUT2D eigenvalue weighted by atomic mass is 10.3. The van der Waals surface area contributed by atoms with Crippen molar-refractivity contribution in [2.45, 2.75) is 4.90 Å². The highest BCUT2D eigenvalue weighted by Gasteiger charge is 2.23. The first-order valence-corrected chi connectivity index (χ1v) is 8.23. The summed E-state index contributed by atoms with van der Waals surface area (Å²) in [6.45, 7) is 0. The van der Waals surface area contributed by atoms with E-state index < -0.39 is 15.9 Å². The molecular formula is C12H10N4O4S2. The Bertz CT molecular complexity index is 836. The van der Waals surface area contributed by atoms with Crippen LogP contribution in [0.5, 0.6) is 5.75 Å². The molecule has 2 aromatic rings. The first-order valence-electron chi connectivity index (χ1n) is 5.80. The van der Waals surface area contributed by atoms with Crippen LogP contribution < -0.4 is 9.46 Å². The van der Waals surface area contributed by atoms with Crippen molar-refractivity contribution in [1.29, 1.82) is 0 Å². The van der Waals surface area contributed by atoms with Gasteiger partial charge in [0, 0.05) is 21.4 Å². The fraction of sp³-hybridized carbons (Fsp3) is 0.0833. The van der Waals surface area contributed by atoms with Crippen LogP contribution in [0.1, 0.15) is 10.4 Å². The molecular weight excluding hydrogens is 328 g/mol. The van der Waals surface area contributed by atoms with Gasteiger partial charge in [-0.1, -0.05) is 0 Å². The van der Waals surface area contributed by atoms with Crippen LogP contribution in [0.2, 0.25) is 0 Å². The molecule has 22 heavy (non-hydrogen) atoms. The average Bonchev–Trinajstić information content (AvgIpc) is 2.98. The van der Waals surface area contributed by atoms with Crippen molar-refractivity contribution >= 4 is 33.0 Å². The van der Waals surface area contributed by atoms with Crippen molar-refractivity contribution < 1.29 is 17.9 Å². The van der Waals surface area contributed by atoms with Gasteiger partial charge in [0.25, 0.3) is 15.9 Å². The number of sulfonamides is 1. The third-order valence-corrected chi connectivity index (χ3v) is 4.94. The minimum absolute atomic E-state index is 0.163. The van der Waals surface area contributed by atoms with Crippen LogP contribution in [-0.4, -0.2) is 21.4 Å². The van der Waals surface area contributed by atoms with E-state index in [1.54, 1.807) is 12.1 Å². The molecule has 1 N–H and O–H groups in total. The van der Waals surface area contributed by atoms with Gasteiger partial charge >= 0.3 is 0 Å². The molecule has 0 bridgehead atoms. The molecule has 0 saturated heterocycles. The van der Waals surface area contributed by atoms with Crippen molar-refractivity contribution in [3.8, 4) is 5.75 Å². The molecule has 0 unspecified atom stereocenters. The van der Waals surface area contributed by atoms with Crippen LogP contribution in [-0.2, 0) is 10.0 Å². The number of nitrogens with one attached hydrogen (secondary N) is 1. The molecule has 1 aromatic carbocycles. The zero-order valence-corrected chi connectivity index (χ0v) is 12.9. The number of amides is 1. The Morgan fingerprint density at radius 1 is 1.32 bits per heavy atom. The van der Waals surface area contributed by atoms with Crippen molar-refractivity contribution in [3.05, 3.63) is 51.0 Å². The third-order valence-electron chi connectivity index (χ3n) is 2.62. The van der Waals surface area contributed by atoms with E-state index in [0.29, 0.717) is 11.4 Å². The van der Waals surface area contributed by atoms with Crippen LogP contribution in [0.4, 0.5) is 5.69 Å². The van der Waals surface area contributed by atoms with Crippen LogP contribution >= 0.6 is 11.3 Å². The van der Waals surface area contributed by atoms with Crippen molar-refractivity contribution in [3.63, 3.8) is 0 Å². The number of carbonyl (C=O) groups excluding carboxylic acids is 1. The number of ether oxygens (including phenoxy) is 1. The summed E-state index contributed by atoms with van der Waals surface area (Å²) in [6, 6.07) is 6.24. The number of carbonyl (C=O) groups is 1. The number of nitrogens with zero attached hydrogens (tertiary/aromatic N) is 3. The maximum atomic E-state index is 12.3. The smallest absolute Gasteiger partial charge is 0.263 e. The molecule has 0 radical (unpaired) electrons. The molecule has 2 rings (SSSR count). The second kappa shape index (κ2) is 6.48. The maximum Gasteiger partial charge on any atom is 0.263 e. The van der Waals surface area contributed by atoms with Crippen LogP contribution in [0.15, 0.2) is 45.0 Å². The molecule has 0 atom stereocenters. The molecule has 1 amide bonds. The highest BCUT2D eigenvalue weighted by Crippen LogP contribution is 2.25. The lowest BCUT2D eigenvalue weighted by Gasteiger charge is -2.08. The lowest BCUT2D eigenvalue weighted by molar-refractivity contribution is 0.0998. The average molecular weight is 338 g/mol. The van der Waals surface area contributed by atoms with E-state index in [1.807, 2.05) is 0 Å². The monoisotopic (exact) mass is 338 g/mol. The van der Waals surface area contributed by atoms with Crippen molar-refractivity contribution in [2.24, 2.45) is 5.11 Å². The number of rotatable bonds is 5. The molecule has 1 aromatic heterocycles. The molecule has 0 aliphatic heterocycles. The molecule has 114 valence electrons. The second-order valence-electron chi connectivity index (χ2n) is 3.98. The number of hydrogen-bond acceptors (Lipinski definition) is 5. The van der Waals surface area contributed by atoms with Gasteiger partial charge < -0.3 is 4.74 Å².